The van der Waals surface area contributed by atoms with Crippen LogP contribution in [0.2, 0.25) is 0 Å². The zero-order chi connectivity index (χ0) is 16.7. The first-order valence-corrected chi connectivity index (χ1v) is 7.73. The smallest absolute Gasteiger partial charge is 0.238 e. The summed E-state index contributed by atoms with van der Waals surface area (Å²) in [6, 6.07) is 7.49. The third-order valence-electron chi connectivity index (χ3n) is 3.54. The van der Waals surface area contributed by atoms with Gasteiger partial charge in [0.25, 0.3) is 0 Å². The molecule has 1 aromatic rings. The average Bonchev–Trinajstić information content (AvgIpc) is 2.46. The molecule has 5 heteroatoms. The van der Waals surface area contributed by atoms with Crippen LogP contribution in [-0.4, -0.2) is 42.4 Å². The summed E-state index contributed by atoms with van der Waals surface area (Å²) in [7, 11) is 1.77. The zero-order valence-corrected chi connectivity index (χ0v) is 14.1. The van der Waals surface area contributed by atoms with Crippen LogP contribution in [0.3, 0.4) is 0 Å². The van der Waals surface area contributed by atoms with E-state index < -0.39 is 0 Å². The number of nitrogens with one attached hydrogen (secondary N) is 2. The number of carbonyl (C=O) groups excluding carboxylic acids is 2. The first-order chi connectivity index (χ1) is 10.3. The van der Waals surface area contributed by atoms with Crippen molar-refractivity contribution in [1.29, 1.82) is 0 Å². The molecule has 1 atom stereocenters. The van der Waals surface area contributed by atoms with Gasteiger partial charge in [-0.1, -0.05) is 25.1 Å². The van der Waals surface area contributed by atoms with E-state index in [1.807, 2.05) is 38.1 Å². The number of carbonyl (C=O) groups is 2. The quantitative estimate of drug-likeness (QED) is 0.810. The van der Waals surface area contributed by atoms with E-state index in [0.717, 1.165) is 17.7 Å². The molecular formula is C17H27N3O2. The lowest BCUT2D eigenvalue weighted by Gasteiger charge is -2.24. The largest absolute Gasteiger partial charge is 0.353 e. The van der Waals surface area contributed by atoms with Crippen molar-refractivity contribution in [3.05, 3.63) is 29.8 Å². The molecule has 2 amide bonds. The number of hydrogen-bond acceptors (Lipinski definition) is 3. The lowest BCUT2D eigenvalue weighted by Crippen LogP contribution is -2.47. The second-order valence-electron chi connectivity index (χ2n) is 5.81. The second kappa shape index (κ2) is 8.54. The van der Waals surface area contributed by atoms with Crippen molar-refractivity contribution < 1.29 is 9.59 Å². The van der Waals surface area contributed by atoms with Crippen LogP contribution < -0.4 is 10.6 Å². The normalized spacial score (nSPS) is 12.3. The minimum Gasteiger partial charge on any atom is -0.353 e. The van der Waals surface area contributed by atoms with Crippen molar-refractivity contribution in [3.63, 3.8) is 0 Å². The van der Waals surface area contributed by atoms with Gasteiger partial charge in [-0.15, -0.1) is 0 Å². The van der Waals surface area contributed by atoms with E-state index in [-0.39, 0.29) is 30.4 Å². The van der Waals surface area contributed by atoms with Gasteiger partial charge in [-0.25, -0.2) is 0 Å². The van der Waals surface area contributed by atoms with Gasteiger partial charge >= 0.3 is 0 Å². The van der Waals surface area contributed by atoms with Gasteiger partial charge in [-0.3, -0.25) is 14.5 Å². The van der Waals surface area contributed by atoms with Gasteiger partial charge in [0.2, 0.25) is 11.8 Å². The highest BCUT2D eigenvalue weighted by Gasteiger charge is 2.20. The van der Waals surface area contributed by atoms with E-state index in [2.05, 4.69) is 17.6 Å². The Morgan fingerprint density at radius 2 is 1.82 bits per heavy atom. The predicted octanol–water partition coefficient (Wildman–Crippen LogP) is 2.03. The Balaban J connectivity index is 2.59. The molecule has 0 radical (unpaired) electrons. The molecule has 0 bridgehead atoms. The molecule has 0 fully saturated rings. The Bertz CT molecular complexity index is 514. The second-order valence-corrected chi connectivity index (χ2v) is 5.81. The van der Waals surface area contributed by atoms with E-state index in [4.69, 9.17) is 0 Å². The molecule has 0 saturated heterocycles. The van der Waals surface area contributed by atoms with Gasteiger partial charge in [-0.05, 0) is 45.9 Å². The summed E-state index contributed by atoms with van der Waals surface area (Å²) in [5, 5.41) is 5.77. The molecule has 0 aromatic heterocycles. The molecule has 0 aliphatic carbocycles. The standard InChI is InChI=1S/C17H27N3O2/c1-6-14-9-7-8-10-15(14)19-16(21)11-20(5)13(4)17(22)18-12(2)3/h7-10,12-13H,6,11H2,1-5H3,(H,18,22)(H,19,21)/t13-/m0/s1. The van der Waals surface area contributed by atoms with E-state index in [1.54, 1.807) is 18.9 Å². The van der Waals surface area contributed by atoms with E-state index >= 15 is 0 Å². The number of hydrogen-bond donors (Lipinski definition) is 2. The number of likely N-dealkylation sites (N-methyl/N-ethyl adjacent to an activating group) is 1. The van der Waals surface area contributed by atoms with Gasteiger partial charge in [0, 0.05) is 11.7 Å². The summed E-state index contributed by atoms with van der Waals surface area (Å²) in [4.78, 5) is 25.8. The molecule has 2 N–H and O–H groups in total. The van der Waals surface area contributed by atoms with Crippen LogP contribution in [0.15, 0.2) is 24.3 Å². The van der Waals surface area contributed by atoms with Crippen LogP contribution in [0.4, 0.5) is 5.69 Å². The SMILES string of the molecule is CCc1ccccc1NC(=O)CN(C)[C@@H](C)C(=O)NC(C)C. The number of amides is 2. The summed E-state index contributed by atoms with van der Waals surface area (Å²) in [5.74, 6) is -0.188. The molecule has 0 aliphatic heterocycles. The van der Waals surface area contributed by atoms with Crippen molar-refractivity contribution >= 4 is 17.5 Å². The van der Waals surface area contributed by atoms with Gasteiger partial charge in [-0.2, -0.15) is 0 Å². The highest BCUT2D eigenvalue weighted by atomic mass is 16.2. The van der Waals surface area contributed by atoms with Crippen LogP contribution in [0, 0.1) is 0 Å². The van der Waals surface area contributed by atoms with Crippen LogP contribution >= 0.6 is 0 Å². The predicted molar refractivity (Wildman–Crippen MR) is 89.8 cm³/mol. The highest BCUT2D eigenvalue weighted by Crippen LogP contribution is 2.15. The minimum absolute atomic E-state index is 0.0701. The zero-order valence-electron chi connectivity index (χ0n) is 14.1. The molecule has 0 unspecified atom stereocenters. The number of anilines is 1. The van der Waals surface area contributed by atoms with Gasteiger partial charge in [0.05, 0.1) is 12.6 Å². The molecule has 1 rings (SSSR count). The maximum absolute atomic E-state index is 12.2. The van der Waals surface area contributed by atoms with Crippen LogP contribution in [0.1, 0.15) is 33.3 Å². The Kier molecular flexibility index (Phi) is 7.05. The Labute approximate surface area is 133 Å². The third kappa shape index (κ3) is 5.48. The topological polar surface area (TPSA) is 61.4 Å². The monoisotopic (exact) mass is 305 g/mol. The molecule has 0 spiro atoms. The molecule has 0 saturated carbocycles. The van der Waals surface area contributed by atoms with E-state index in [9.17, 15) is 9.59 Å². The Morgan fingerprint density at radius 1 is 1.18 bits per heavy atom. The van der Waals surface area contributed by atoms with Crippen molar-refractivity contribution in [2.45, 2.75) is 46.2 Å². The average molecular weight is 305 g/mol. The summed E-state index contributed by atoms with van der Waals surface area (Å²) in [5.41, 5.74) is 1.94. The van der Waals surface area contributed by atoms with E-state index in [1.165, 1.54) is 0 Å². The lowest BCUT2D eigenvalue weighted by molar-refractivity contribution is -0.127. The maximum Gasteiger partial charge on any atom is 0.238 e. The third-order valence-corrected chi connectivity index (χ3v) is 3.54. The van der Waals surface area contributed by atoms with Crippen LogP contribution in [0.5, 0.6) is 0 Å². The Hall–Kier alpha value is -1.88. The molecular weight excluding hydrogens is 278 g/mol. The first kappa shape index (κ1) is 18.2. The van der Waals surface area contributed by atoms with Gasteiger partial charge in [0.1, 0.15) is 0 Å². The summed E-state index contributed by atoms with van der Waals surface area (Å²) in [6.07, 6.45) is 0.861. The molecule has 1 aromatic carbocycles. The van der Waals surface area contributed by atoms with Crippen molar-refractivity contribution in [2.24, 2.45) is 0 Å². The van der Waals surface area contributed by atoms with Crippen LogP contribution in [-0.2, 0) is 16.0 Å². The highest BCUT2D eigenvalue weighted by molar-refractivity contribution is 5.93. The summed E-state index contributed by atoms with van der Waals surface area (Å²) < 4.78 is 0. The fraction of sp³-hybridized carbons (Fsp3) is 0.529. The Morgan fingerprint density at radius 3 is 2.41 bits per heavy atom. The van der Waals surface area contributed by atoms with Crippen molar-refractivity contribution in [2.75, 3.05) is 18.9 Å². The minimum atomic E-state index is -0.352. The number of aryl methyl sites for hydroxylation is 1. The van der Waals surface area contributed by atoms with Crippen molar-refractivity contribution in [3.8, 4) is 0 Å². The number of rotatable bonds is 7. The van der Waals surface area contributed by atoms with E-state index in [0.29, 0.717) is 0 Å². The number of benzene rings is 1. The number of para-hydroxylation sites is 1. The molecule has 0 aliphatic rings. The summed E-state index contributed by atoms with van der Waals surface area (Å²) in [6.45, 7) is 7.85. The van der Waals surface area contributed by atoms with Gasteiger partial charge < -0.3 is 10.6 Å². The van der Waals surface area contributed by atoms with Crippen molar-refractivity contribution in [1.82, 2.24) is 10.2 Å². The maximum atomic E-state index is 12.2. The van der Waals surface area contributed by atoms with Crippen LogP contribution in [0.25, 0.3) is 0 Å². The molecule has 0 heterocycles. The molecule has 122 valence electrons. The van der Waals surface area contributed by atoms with Gasteiger partial charge in [0.15, 0.2) is 0 Å². The molecule has 5 nitrogen and oxygen atoms in total. The summed E-state index contributed by atoms with van der Waals surface area (Å²) >= 11 is 0. The number of nitrogens with zero attached hydrogens (tertiary/aromatic N) is 1. The lowest BCUT2D eigenvalue weighted by atomic mass is 10.1. The first-order valence-electron chi connectivity index (χ1n) is 7.73. The fourth-order valence-electron chi connectivity index (χ4n) is 2.11. The molecule has 22 heavy (non-hydrogen) atoms. The fourth-order valence-corrected chi connectivity index (χ4v) is 2.11.